The average Bonchev–Trinajstić information content (AvgIpc) is 2.50. The van der Waals surface area contributed by atoms with Gasteiger partial charge in [-0.2, -0.15) is 0 Å². The Labute approximate surface area is 125 Å². The van der Waals surface area contributed by atoms with E-state index in [1.54, 1.807) is 0 Å². The zero-order valence-corrected chi connectivity index (χ0v) is 12.8. The van der Waals surface area contributed by atoms with Crippen LogP contribution in [0, 0.1) is 0 Å². The van der Waals surface area contributed by atoms with Crippen LogP contribution >= 0.6 is 0 Å². The van der Waals surface area contributed by atoms with Crippen LogP contribution in [-0.4, -0.2) is 29.6 Å². The van der Waals surface area contributed by atoms with Gasteiger partial charge in [0, 0.05) is 6.54 Å². The molecule has 1 rings (SSSR count). The van der Waals surface area contributed by atoms with E-state index in [2.05, 4.69) is 24.5 Å². The fraction of sp³-hybridized carbons (Fsp3) is 0.500. The molecule has 21 heavy (non-hydrogen) atoms. The van der Waals surface area contributed by atoms with Crippen molar-refractivity contribution in [1.29, 1.82) is 0 Å². The largest absolute Gasteiger partial charge is 0.394 e. The molecule has 0 unspecified atom stereocenters. The second-order valence-electron chi connectivity index (χ2n) is 5.34. The zero-order chi connectivity index (χ0) is 15.8. The molecule has 1 aromatic rings. The Morgan fingerprint density at radius 2 is 1.76 bits per heavy atom. The van der Waals surface area contributed by atoms with Crippen LogP contribution in [0.25, 0.3) is 0 Å². The summed E-state index contributed by atoms with van der Waals surface area (Å²) >= 11 is 0. The summed E-state index contributed by atoms with van der Waals surface area (Å²) in [4.78, 5) is 23.3. The Balaban J connectivity index is 2.47. The van der Waals surface area contributed by atoms with Crippen LogP contribution in [0.3, 0.4) is 0 Å². The van der Waals surface area contributed by atoms with Gasteiger partial charge < -0.3 is 15.7 Å². The van der Waals surface area contributed by atoms with E-state index in [4.69, 9.17) is 5.11 Å². The maximum absolute atomic E-state index is 11.7. The van der Waals surface area contributed by atoms with Crippen LogP contribution < -0.4 is 10.6 Å². The molecule has 5 heteroatoms. The molecule has 0 aliphatic rings. The number of benzene rings is 1. The molecule has 0 saturated carbocycles. The van der Waals surface area contributed by atoms with Crippen molar-refractivity contribution < 1.29 is 14.7 Å². The van der Waals surface area contributed by atoms with Gasteiger partial charge in [-0.3, -0.25) is 9.59 Å². The summed E-state index contributed by atoms with van der Waals surface area (Å²) < 4.78 is 0. The fourth-order valence-corrected chi connectivity index (χ4v) is 1.81. The SMILES string of the molecule is CC[C@H](CO)NC(=O)C(=O)NCc1ccc(C(C)C)cc1. The number of amides is 2. The minimum atomic E-state index is -0.713. The third kappa shape index (κ3) is 5.55. The first-order valence-electron chi connectivity index (χ1n) is 7.26. The molecule has 1 atom stereocenters. The summed E-state index contributed by atoms with van der Waals surface area (Å²) in [5, 5.41) is 14.0. The molecule has 0 saturated heterocycles. The van der Waals surface area contributed by atoms with E-state index >= 15 is 0 Å². The van der Waals surface area contributed by atoms with Gasteiger partial charge in [-0.25, -0.2) is 0 Å². The quantitative estimate of drug-likeness (QED) is 0.692. The van der Waals surface area contributed by atoms with Gasteiger partial charge in [0.2, 0.25) is 0 Å². The van der Waals surface area contributed by atoms with E-state index in [9.17, 15) is 9.59 Å². The minimum absolute atomic E-state index is 0.174. The van der Waals surface area contributed by atoms with Crippen molar-refractivity contribution in [3.8, 4) is 0 Å². The zero-order valence-electron chi connectivity index (χ0n) is 12.8. The second kappa shape index (κ2) is 8.42. The van der Waals surface area contributed by atoms with Gasteiger partial charge in [0.1, 0.15) is 0 Å². The highest BCUT2D eigenvalue weighted by Gasteiger charge is 2.16. The summed E-state index contributed by atoms with van der Waals surface area (Å²) in [5.74, 6) is -0.937. The molecule has 5 nitrogen and oxygen atoms in total. The summed E-state index contributed by atoms with van der Waals surface area (Å²) in [6.45, 7) is 6.20. The Hall–Kier alpha value is -1.88. The van der Waals surface area contributed by atoms with Crippen LogP contribution in [0.4, 0.5) is 0 Å². The molecular weight excluding hydrogens is 268 g/mol. The Morgan fingerprint density at radius 3 is 2.24 bits per heavy atom. The molecule has 3 N–H and O–H groups in total. The third-order valence-electron chi connectivity index (χ3n) is 3.35. The lowest BCUT2D eigenvalue weighted by molar-refractivity contribution is -0.139. The molecule has 0 heterocycles. The highest BCUT2D eigenvalue weighted by Crippen LogP contribution is 2.14. The van der Waals surface area contributed by atoms with Crippen molar-refractivity contribution in [3.63, 3.8) is 0 Å². The first-order chi connectivity index (χ1) is 9.97. The lowest BCUT2D eigenvalue weighted by atomic mass is 10.0. The maximum Gasteiger partial charge on any atom is 0.309 e. The first kappa shape index (κ1) is 17.2. The minimum Gasteiger partial charge on any atom is -0.394 e. The number of carbonyl (C=O) groups excluding carboxylic acids is 2. The first-order valence-corrected chi connectivity index (χ1v) is 7.26. The predicted octanol–water partition coefficient (Wildman–Crippen LogP) is 1.31. The smallest absolute Gasteiger partial charge is 0.309 e. The molecule has 0 aliphatic heterocycles. The summed E-state index contributed by atoms with van der Waals surface area (Å²) in [6.07, 6.45) is 0.576. The maximum atomic E-state index is 11.7. The number of nitrogens with one attached hydrogen (secondary N) is 2. The van der Waals surface area contributed by atoms with Gasteiger partial charge in [0.05, 0.1) is 12.6 Å². The van der Waals surface area contributed by atoms with Gasteiger partial charge in [0.15, 0.2) is 0 Å². The molecule has 0 radical (unpaired) electrons. The molecule has 1 aromatic carbocycles. The van der Waals surface area contributed by atoms with Gasteiger partial charge >= 0.3 is 11.8 Å². The van der Waals surface area contributed by atoms with Crippen molar-refractivity contribution in [2.24, 2.45) is 0 Å². The topological polar surface area (TPSA) is 78.4 Å². The van der Waals surface area contributed by atoms with Crippen molar-refractivity contribution in [1.82, 2.24) is 10.6 Å². The summed E-state index contributed by atoms with van der Waals surface area (Å²) in [5.41, 5.74) is 2.17. The lowest BCUT2D eigenvalue weighted by Gasteiger charge is -2.13. The number of aliphatic hydroxyl groups excluding tert-OH is 1. The van der Waals surface area contributed by atoms with E-state index in [-0.39, 0.29) is 12.6 Å². The van der Waals surface area contributed by atoms with Crippen molar-refractivity contribution in [2.45, 2.75) is 45.7 Å². The van der Waals surface area contributed by atoms with Crippen LogP contribution in [0.1, 0.15) is 44.2 Å². The predicted molar refractivity (Wildman–Crippen MR) is 81.7 cm³/mol. The van der Waals surface area contributed by atoms with Crippen LogP contribution in [-0.2, 0) is 16.1 Å². The molecular formula is C16H24N2O3. The van der Waals surface area contributed by atoms with E-state index in [1.807, 2.05) is 31.2 Å². The van der Waals surface area contributed by atoms with Crippen molar-refractivity contribution in [2.75, 3.05) is 6.61 Å². The molecule has 0 bridgehead atoms. The molecule has 0 aromatic heterocycles. The lowest BCUT2D eigenvalue weighted by Crippen LogP contribution is -2.45. The molecule has 0 aliphatic carbocycles. The monoisotopic (exact) mass is 292 g/mol. The van der Waals surface area contributed by atoms with Crippen molar-refractivity contribution in [3.05, 3.63) is 35.4 Å². The van der Waals surface area contributed by atoms with Crippen molar-refractivity contribution >= 4 is 11.8 Å². The molecule has 116 valence electrons. The summed E-state index contributed by atoms with van der Waals surface area (Å²) in [7, 11) is 0. The van der Waals surface area contributed by atoms with Crippen LogP contribution in [0.5, 0.6) is 0 Å². The number of hydrogen-bond acceptors (Lipinski definition) is 3. The average molecular weight is 292 g/mol. The number of carbonyl (C=O) groups is 2. The van der Waals surface area contributed by atoms with E-state index in [0.29, 0.717) is 18.9 Å². The third-order valence-corrected chi connectivity index (χ3v) is 3.35. The van der Waals surface area contributed by atoms with Crippen LogP contribution in [0.15, 0.2) is 24.3 Å². The van der Waals surface area contributed by atoms with Gasteiger partial charge in [-0.15, -0.1) is 0 Å². The van der Waals surface area contributed by atoms with E-state index in [1.165, 1.54) is 5.56 Å². The van der Waals surface area contributed by atoms with Gasteiger partial charge in [0.25, 0.3) is 0 Å². The molecule has 2 amide bonds. The fourth-order valence-electron chi connectivity index (χ4n) is 1.81. The molecule has 0 fully saturated rings. The van der Waals surface area contributed by atoms with Crippen LogP contribution in [0.2, 0.25) is 0 Å². The Kier molecular flexibility index (Phi) is 6.88. The van der Waals surface area contributed by atoms with Gasteiger partial charge in [-0.1, -0.05) is 45.0 Å². The number of hydrogen-bond donors (Lipinski definition) is 3. The second-order valence-corrected chi connectivity index (χ2v) is 5.34. The Morgan fingerprint density at radius 1 is 1.14 bits per heavy atom. The van der Waals surface area contributed by atoms with Gasteiger partial charge in [-0.05, 0) is 23.5 Å². The normalized spacial score (nSPS) is 12.0. The van der Waals surface area contributed by atoms with E-state index in [0.717, 1.165) is 5.56 Å². The highest BCUT2D eigenvalue weighted by atomic mass is 16.3. The standard InChI is InChI=1S/C16H24N2O3/c1-4-14(10-19)18-16(21)15(20)17-9-12-5-7-13(8-6-12)11(2)3/h5-8,11,14,19H,4,9-10H2,1-3H3,(H,17,20)(H,18,21)/t14-/m1/s1. The highest BCUT2D eigenvalue weighted by molar-refractivity contribution is 6.35. The molecule has 0 spiro atoms. The Bertz CT molecular complexity index is 465. The number of aliphatic hydroxyl groups is 1. The van der Waals surface area contributed by atoms with E-state index < -0.39 is 11.8 Å². The number of rotatable bonds is 6. The summed E-state index contributed by atoms with van der Waals surface area (Å²) in [6, 6.07) is 7.54.